The van der Waals surface area contributed by atoms with E-state index in [9.17, 15) is 9.59 Å². The Kier molecular flexibility index (Phi) is 2.03. The molecule has 0 unspecified atom stereocenters. The number of carbonyl (C=O) groups excluding carboxylic acids is 1. The standard InChI is InChI=1S/C10H12N2O3/c1-12(7-3-2-6-11-7)8(13)10(4-5-10)9(14)15/h2-3,6,11H,4-5H2,1H3,(H,14,15). The summed E-state index contributed by atoms with van der Waals surface area (Å²) in [6.07, 6.45) is 2.57. The van der Waals surface area contributed by atoms with Crippen molar-refractivity contribution in [2.75, 3.05) is 11.9 Å². The molecule has 0 radical (unpaired) electrons. The topological polar surface area (TPSA) is 73.4 Å². The molecule has 0 aromatic carbocycles. The molecule has 15 heavy (non-hydrogen) atoms. The average molecular weight is 208 g/mol. The number of amides is 1. The van der Waals surface area contributed by atoms with E-state index in [0.717, 1.165) is 0 Å². The second-order valence-electron chi connectivity index (χ2n) is 3.81. The molecule has 1 aromatic heterocycles. The van der Waals surface area contributed by atoms with E-state index in [1.807, 2.05) is 0 Å². The molecule has 2 N–H and O–H groups in total. The summed E-state index contributed by atoms with van der Waals surface area (Å²) < 4.78 is 0. The van der Waals surface area contributed by atoms with E-state index in [-0.39, 0.29) is 5.91 Å². The zero-order chi connectivity index (χ0) is 11.1. The fourth-order valence-corrected chi connectivity index (χ4v) is 1.60. The lowest BCUT2D eigenvalue weighted by atomic mass is 10.1. The fourth-order valence-electron chi connectivity index (χ4n) is 1.60. The minimum atomic E-state index is -1.17. The van der Waals surface area contributed by atoms with Crippen LogP contribution in [0, 0.1) is 5.41 Å². The maximum absolute atomic E-state index is 11.9. The molecule has 0 atom stereocenters. The molecule has 5 nitrogen and oxygen atoms in total. The van der Waals surface area contributed by atoms with E-state index in [1.165, 1.54) is 4.90 Å². The van der Waals surface area contributed by atoms with Crippen molar-refractivity contribution in [2.45, 2.75) is 12.8 Å². The maximum Gasteiger partial charge on any atom is 0.319 e. The van der Waals surface area contributed by atoms with Crippen LogP contribution in [-0.2, 0) is 9.59 Å². The molecule has 1 saturated carbocycles. The number of anilines is 1. The second kappa shape index (κ2) is 3.12. The van der Waals surface area contributed by atoms with Crippen LogP contribution in [0.4, 0.5) is 5.82 Å². The Morgan fingerprint density at radius 3 is 2.60 bits per heavy atom. The first kappa shape index (κ1) is 9.76. The van der Waals surface area contributed by atoms with Crippen molar-refractivity contribution in [3.05, 3.63) is 18.3 Å². The van der Waals surface area contributed by atoms with Crippen LogP contribution in [0.5, 0.6) is 0 Å². The molecule has 2 rings (SSSR count). The first-order chi connectivity index (χ1) is 7.08. The lowest BCUT2D eigenvalue weighted by molar-refractivity contribution is -0.148. The van der Waals surface area contributed by atoms with Crippen LogP contribution < -0.4 is 4.90 Å². The molecule has 80 valence electrons. The number of hydrogen-bond donors (Lipinski definition) is 2. The number of rotatable bonds is 3. The number of carboxylic acids is 1. The van der Waals surface area contributed by atoms with Crippen LogP contribution in [0.1, 0.15) is 12.8 Å². The maximum atomic E-state index is 11.9. The van der Waals surface area contributed by atoms with Crippen LogP contribution in [-0.4, -0.2) is 29.0 Å². The molecule has 0 bridgehead atoms. The highest BCUT2D eigenvalue weighted by Crippen LogP contribution is 2.47. The lowest BCUT2D eigenvalue weighted by Gasteiger charge is -2.19. The number of hydrogen-bond acceptors (Lipinski definition) is 2. The van der Waals surface area contributed by atoms with Gasteiger partial charge in [-0.15, -0.1) is 0 Å². The third kappa shape index (κ3) is 1.40. The molecular formula is C10H12N2O3. The monoisotopic (exact) mass is 208 g/mol. The first-order valence-corrected chi connectivity index (χ1v) is 4.73. The van der Waals surface area contributed by atoms with Crippen molar-refractivity contribution in [1.29, 1.82) is 0 Å². The van der Waals surface area contributed by atoms with Crippen LogP contribution >= 0.6 is 0 Å². The Morgan fingerprint density at radius 1 is 1.53 bits per heavy atom. The molecule has 0 spiro atoms. The number of nitrogens with one attached hydrogen (secondary N) is 1. The number of H-pyrrole nitrogens is 1. The summed E-state index contributed by atoms with van der Waals surface area (Å²) in [4.78, 5) is 27.1. The zero-order valence-corrected chi connectivity index (χ0v) is 8.36. The van der Waals surface area contributed by atoms with E-state index in [0.29, 0.717) is 18.7 Å². The Morgan fingerprint density at radius 2 is 2.20 bits per heavy atom. The number of carboxylic acid groups (broad SMARTS) is 1. The van der Waals surface area contributed by atoms with Gasteiger partial charge in [0, 0.05) is 13.2 Å². The molecule has 1 aromatic rings. The summed E-state index contributed by atoms with van der Waals surface area (Å²) in [6, 6.07) is 3.50. The molecule has 1 aliphatic rings. The van der Waals surface area contributed by atoms with Crippen molar-refractivity contribution in [3.8, 4) is 0 Å². The molecule has 0 aliphatic heterocycles. The van der Waals surface area contributed by atoms with Crippen LogP contribution in [0.2, 0.25) is 0 Å². The van der Waals surface area contributed by atoms with Gasteiger partial charge in [-0.05, 0) is 25.0 Å². The largest absolute Gasteiger partial charge is 0.480 e. The van der Waals surface area contributed by atoms with Gasteiger partial charge in [0.25, 0.3) is 0 Å². The summed E-state index contributed by atoms with van der Waals surface area (Å²) in [6.45, 7) is 0. The Balaban J connectivity index is 2.19. The van der Waals surface area contributed by atoms with Crippen LogP contribution in [0.15, 0.2) is 18.3 Å². The molecular weight excluding hydrogens is 196 g/mol. The average Bonchev–Trinajstić information content (AvgIpc) is 2.85. The molecule has 1 heterocycles. The Bertz CT molecular complexity index is 393. The van der Waals surface area contributed by atoms with E-state index >= 15 is 0 Å². The van der Waals surface area contributed by atoms with Crippen LogP contribution in [0.3, 0.4) is 0 Å². The fraction of sp³-hybridized carbons (Fsp3) is 0.400. The van der Waals surface area contributed by atoms with Gasteiger partial charge in [-0.2, -0.15) is 0 Å². The minimum absolute atomic E-state index is 0.350. The van der Waals surface area contributed by atoms with Gasteiger partial charge < -0.3 is 15.0 Å². The first-order valence-electron chi connectivity index (χ1n) is 4.73. The molecule has 5 heteroatoms. The number of aliphatic carboxylic acids is 1. The van der Waals surface area contributed by atoms with Gasteiger partial charge in [-0.25, -0.2) is 0 Å². The van der Waals surface area contributed by atoms with Gasteiger partial charge in [0.1, 0.15) is 11.2 Å². The van der Waals surface area contributed by atoms with Gasteiger partial charge in [-0.3, -0.25) is 9.59 Å². The van der Waals surface area contributed by atoms with Gasteiger partial charge >= 0.3 is 5.97 Å². The van der Waals surface area contributed by atoms with E-state index in [2.05, 4.69) is 4.98 Å². The van der Waals surface area contributed by atoms with Gasteiger partial charge in [0.05, 0.1) is 0 Å². The number of aromatic amines is 1. The van der Waals surface area contributed by atoms with Gasteiger partial charge in [-0.1, -0.05) is 0 Å². The highest BCUT2D eigenvalue weighted by molar-refractivity contribution is 6.11. The molecule has 1 fully saturated rings. The normalized spacial score (nSPS) is 17.1. The van der Waals surface area contributed by atoms with E-state index in [4.69, 9.17) is 5.11 Å². The van der Waals surface area contributed by atoms with Crippen LogP contribution in [0.25, 0.3) is 0 Å². The molecule has 1 aliphatic carbocycles. The Hall–Kier alpha value is -1.78. The third-order valence-corrected chi connectivity index (χ3v) is 2.82. The summed E-state index contributed by atoms with van der Waals surface area (Å²) in [7, 11) is 1.58. The third-order valence-electron chi connectivity index (χ3n) is 2.82. The minimum Gasteiger partial charge on any atom is -0.480 e. The van der Waals surface area contributed by atoms with Crippen molar-refractivity contribution >= 4 is 17.7 Å². The van der Waals surface area contributed by atoms with E-state index in [1.54, 1.807) is 25.4 Å². The zero-order valence-electron chi connectivity index (χ0n) is 8.36. The van der Waals surface area contributed by atoms with Gasteiger partial charge in [0.2, 0.25) is 5.91 Å². The number of carbonyl (C=O) groups is 2. The number of nitrogens with zero attached hydrogens (tertiary/aromatic N) is 1. The van der Waals surface area contributed by atoms with Crippen molar-refractivity contribution < 1.29 is 14.7 Å². The summed E-state index contributed by atoms with van der Waals surface area (Å²) in [5.41, 5.74) is -1.17. The molecule has 0 saturated heterocycles. The van der Waals surface area contributed by atoms with Crippen molar-refractivity contribution in [3.63, 3.8) is 0 Å². The Labute approximate surface area is 86.7 Å². The quantitative estimate of drug-likeness (QED) is 0.723. The highest BCUT2D eigenvalue weighted by Gasteiger charge is 2.58. The van der Waals surface area contributed by atoms with E-state index < -0.39 is 11.4 Å². The van der Waals surface area contributed by atoms with Crippen molar-refractivity contribution in [1.82, 2.24) is 4.98 Å². The SMILES string of the molecule is CN(C(=O)C1(C(=O)O)CC1)c1ccc[nH]1. The molecule has 1 amide bonds. The number of aromatic nitrogens is 1. The van der Waals surface area contributed by atoms with Crippen molar-refractivity contribution in [2.24, 2.45) is 5.41 Å². The van der Waals surface area contributed by atoms with Gasteiger partial charge in [0.15, 0.2) is 0 Å². The lowest BCUT2D eigenvalue weighted by Crippen LogP contribution is -2.38. The summed E-state index contributed by atoms with van der Waals surface area (Å²) in [5, 5.41) is 8.96. The summed E-state index contributed by atoms with van der Waals surface area (Å²) in [5.74, 6) is -0.754. The highest BCUT2D eigenvalue weighted by atomic mass is 16.4. The summed E-state index contributed by atoms with van der Waals surface area (Å²) >= 11 is 0. The predicted molar refractivity (Wildman–Crippen MR) is 53.5 cm³/mol. The smallest absolute Gasteiger partial charge is 0.319 e. The predicted octanol–water partition coefficient (Wildman–Crippen LogP) is 0.842. The second-order valence-corrected chi connectivity index (χ2v) is 3.81.